The molecule has 0 aliphatic heterocycles. The molecule has 0 saturated carbocycles. The van der Waals surface area contributed by atoms with Crippen LogP contribution in [0.15, 0.2) is 12.4 Å². The molecule has 0 fully saturated rings. The first-order valence-corrected chi connectivity index (χ1v) is 2.15. The van der Waals surface area contributed by atoms with Gasteiger partial charge in [0.1, 0.15) is 5.82 Å². The zero-order chi connectivity index (χ0) is 5.82. The minimum atomic E-state index is 0.604. The van der Waals surface area contributed by atoms with Crippen molar-refractivity contribution < 1.29 is 0 Å². The molecule has 1 rings (SSSR count). The highest BCUT2D eigenvalue weighted by molar-refractivity contribution is 5.76. The Morgan fingerprint density at radius 3 is 3.25 bits per heavy atom. The van der Waals surface area contributed by atoms with Crippen LogP contribution in [0.25, 0.3) is 11.5 Å². The van der Waals surface area contributed by atoms with Crippen LogP contribution in [0.3, 0.4) is 0 Å². The Kier molecular flexibility index (Phi) is 1.26. The maximum atomic E-state index is 8.07. The Labute approximate surface area is 46.6 Å². The van der Waals surface area contributed by atoms with Crippen LogP contribution in [0.4, 0.5) is 0 Å². The minimum absolute atomic E-state index is 0.604. The maximum Gasteiger partial charge on any atom is 0.135 e. The molecule has 8 heavy (non-hydrogen) atoms. The second-order valence-corrected chi connectivity index (χ2v) is 1.25. The van der Waals surface area contributed by atoms with Gasteiger partial charge in [0.2, 0.25) is 0 Å². The summed E-state index contributed by atoms with van der Waals surface area (Å²) >= 11 is 0. The van der Waals surface area contributed by atoms with Gasteiger partial charge in [-0.25, -0.2) is 4.98 Å². The lowest BCUT2D eigenvalue weighted by atomic mass is 10.6. The van der Waals surface area contributed by atoms with Gasteiger partial charge in [0, 0.05) is 12.4 Å². The number of H-pyrrole nitrogens is 1. The summed E-state index contributed by atoms with van der Waals surface area (Å²) in [5.74, 6) is 2.46. The number of aromatic nitrogens is 2. The average molecular weight is 106 g/mol. The molecule has 3 nitrogen and oxygen atoms in total. The Balaban J connectivity index is 2.93. The van der Waals surface area contributed by atoms with Gasteiger partial charge in [0.05, 0.1) is 0 Å². The Morgan fingerprint density at radius 1 is 1.88 bits per heavy atom. The van der Waals surface area contributed by atoms with Crippen molar-refractivity contribution in [2.75, 3.05) is 0 Å². The van der Waals surface area contributed by atoms with Crippen molar-refractivity contribution >= 4 is 11.9 Å². The quantitative estimate of drug-likeness (QED) is 0.525. The van der Waals surface area contributed by atoms with Crippen molar-refractivity contribution in [1.82, 2.24) is 9.97 Å². The predicted molar refractivity (Wildman–Crippen MR) is 31.4 cm³/mol. The minimum Gasteiger partial charge on any atom is -0.763 e. The Hall–Kier alpha value is -1.34. The van der Waals surface area contributed by atoms with Crippen molar-refractivity contribution in [3.05, 3.63) is 23.6 Å². The van der Waals surface area contributed by atoms with Crippen molar-refractivity contribution in [1.29, 1.82) is 0 Å². The standard InChI is InChI=1S/C5H4N3/c6-2-1-5-7-3-4-8-5/h1,3-4H,(H,7,8)/q-1. The van der Waals surface area contributed by atoms with Crippen LogP contribution in [-0.2, 0) is 0 Å². The number of rotatable bonds is 1. The van der Waals surface area contributed by atoms with Crippen LogP contribution < -0.4 is 0 Å². The van der Waals surface area contributed by atoms with E-state index in [1.54, 1.807) is 12.4 Å². The Bertz CT molecular complexity index is 193. The number of imidazole rings is 1. The van der Waals surface area contributed by atoms with E-state index in [1.807, 2.05) is 5.87 Å². The molecule has 0 spiro atoms. The molecule has 1 heterocycles. The van der Waals surface area contributed by atoms with Crippen LogP contribution in [0.5, 0.6) is 0 Å². The molecular formula is C5H4N3-. The van der Waals surface area contributed by atoms with Crippen molar-refractivity contribution in [2.24, 2.45) is 0 Å². The molecule has 0 amide bonds. The molecular weight excluding hydrogens is 102 g/mol. The zero-order valence-electron chi connectivity index (χ0n) is 4.13. The summed E-state index contributed by atoms with van der Waals surface area (Å²) in [6.45, 7) is 0. The van der Waals surface area contributed by atoms with Crippen molar-refractivity contribution in [2.45, 2.75) is 0 Å². The van der Waals surface area contributed by atoms with Gasteiger partial charge in [-0.1, -0.05) is 0 Å². The third kappa shape index (κ3) is 0.832. The lowest BCUT2D eigenvalue weighted by Gasteiger charge is -1.76. The van der Waals surface area contributed by atoms with Crippen LogP contribution in [-0.4, -0.2) is 15.8 Å². The molecule has 1 N–H and O–H groups in total. The van der Waals surface area contributed by atoms with E-state index in [9.17, 15) is 0 Å². The number of hydrogen-bond acceptors (Lipinski definition) is 1. The van der Waals surface area contributed by atoms with Gasteiger partial charge in [0.25, 0.3) is 0 Å². The first-order chi connectivity index (χ1) is 3.93. The molecule has 1 aromatic rings. The highest BCUT2D eigenvalue weighted by atomic mass is 14.9. The van der Waals surface area contributed by atoms with E-state index in [2.05, 4.69) is 9.97 Å². The van der Waals surface area contributed by atoms with E-state index in [1.165, 1.54) is 6.08 Å². The topological polar surface area (TPSA) is 51.0 Å². The average Bonchev–Trinajstić information content (AvgIpc) is 2.19. The lowest BCUT2D eigenvalue weighted by Crippen LogP contribution is -1.70. The SMILES string of the molecule is [N-]=C=Cc1ncc[nH]1. The van der Waals surface area contributed by atoms with Gasteiger partial charge >= 0.3 is 0 Å². The molecule has 1 aromatic heterocycles. The smallest absolute Gasteiger partial charge is 0.135 e. The van der Waals surface area contributed by atoms with Gasteiger partial charge in [-0.3, -0.25) is 5.87 Å². The lowest BCUT2D eigenvalue weighted by molar-refractivity contribution is 1.27. The largest absolute Gasteiger partial charge is 0.763 e. The fourth-order valence-electron chi connectivity index (χ4n) is 0.418. The number of aromatic amines is 1. The maximum absolute atomic E-state index is 8.07. The van der Waals surface area contributed by atoms with Gasteiger partial charge < -0.3 is 10.4 Å². The van der Waals surface area contributed by atoms with Crippen molar-refractivity contribution in [3.8, 4) is 0 Å². The molecule has 0 aliphatic rings. The molecule has 3 heteroatoms. The van der Waals surface area contributed by atoms with E-state index in [4.69, 9.17) is 5.41 Å². The molecule has 0 unspecified atom stereocenters. The highest BCUT2D eigenvalue weighted by Crippen LogP contribution is 1.85. The second kappa shape index (κ2) is 2.09. The normalized spacial score (nSPS) is 8.00. The van der Waals surface area contributed by atoms with E-state index >= 15 is 0 Å². The predicted octanol–water partition coefficient (Wildman–Crippen LogP) is 0.662. The van der Waals surface area contributed by atoms with Crippen LogP contribution >= 0.6 is 0 Å². The first-order valence-electron chi connectivity index (χ1n) is 2.15. The van der Waals surface area contributed by atoms with E-state index in [0.29, 0.717) is 5.82 Å². The van der Waals surface area contributed by atoms with Crippen molar-refractivity contribution in [3.63, 3.8) is 0 Å². The summed E-state index contributed by atoms with van der Waals surface area (Å²) in [6, 6.07) is 0. The summed E-state index contributed by atoms with van der Waals surface area (Å²) in [5.41, 5.74) is 0. The van der Waals surface area contributed by atoms with Gasteiger partial charge in [0.15, 0.2) is 0 Å². The molecule has 0 atom stereocenters. The number of hydrogen-bond donors (Lipinski definition) is 1. The fraction of sp³-hybridized carbons (Fsp3) is 0. The number of nitrogens with zero attached hydrogens (tertiary/aromatic N) is 2. The molecule has 0 aliphatic carbocycles. The number of nitrogens with one attached hydrogen (secondary N) is 1. The second-order valence-electron chi connectivity index (χ2n) is 1.25. The molecule has 40 valence electrons. The molecule has 0 aromatic carbocycles. The van der Waals surface area contributed by atoms with Gasteiger partial charge in [-0.05, 0) is 6.08 Å². The summed E-state index contributed by atoms with van der Waals surface area (Å²) in [5, 5.41) is 8.07. The Morgan fingerprint density at radius 2 is 2.75 bits per heavy atom. The molecule has 0 saturated heterocycles. The van der Waals surface area contributed by atoms with Gasteiger partial charge in [-0.2, -0.15) is 0 Å². The highest BCUT2D eigenvalue weighted by Gasteiger charge is 1.78. The third-order valence-electron chi connectivity index (χ3n) is 0.721. The monoisotopic (exact) mass is 106 g/mol. The summed E-state index contributed by atoms with van der Waals surface area (Å²) < 4.78 is 0. The first kappa shape index (κ1) is 4.81. The van der Waals surface area contributed by atoms with Gasteiger partial charge in [-0.15, -0.1) is 0 Å². The summed E-state index contributed by atoms with van der Waals surface area (Å²) in [4.78, 5) is 6.52. The van der Waals surface area contributed by atoms with Crippen LogP contribution in [0.2, 0.25) is 0 Å². The zero-order valence-corrected chi connectivity index (χ0v) is 4.13. The van der Waals surface area contributed by atoms with Crippen LogP contribution in [0.1, 0.15) is 5.82 Å². The van der Waals surface area contributed by atoms with E-state index in [0.717, 1.165) is 0 Å². The molecule has 0 radical (unpaired) electrons. The summed E-state index contributed by atoms with van der Waals surface area (Å²) in [6.07, 6.45) is 4.62. The fourth-order valence-corrected chi connectivity index (χ4v) is 0.418. The van der Waals surface area contributed by atoms with E-state index < -0.39 is 0 Å². The third-order valence-corrected chi connectivity index (χ3v) is 0.721. The van der Waals surface area contributed by atoms with E-state index in [-0.39, 0.29) is 0 Å². The molecule has 0 bridgehead atoms. The van der Waals surface area contributed by atoms with Crippen LogP contribution in [0, 0.1) is 0 Å². The summed E-state index contributed by atoms with van der Waals surface area (Å²) in [7, 11) is 0.